The number of nitrogens with zero attached hydrogens (tertiary/aromatic N) is 1. The van der Waals surface area contributed by atoms with Gasteiger partial charge < -0.3 is 15.3 Å². The highest BCUT2D eigenvalue weighted by molar-refractivity contribution is 7.99. The third kappa shape index (κ3) is 7.44. The quantitative estimate of drug-likeness (QED) is 0.479. The fourth-order valence-corrected chi connectivity index (χ4v) is 4.53. The molecule has 3 N–H and O–H groups in total. The van der Waals surface area contributed by atoms with E-state index in [2.05, 4.69) is 10.6 Å². The third-order valence-electron chi connectivity index (χ3n) is 5.26. The van der Waals surface area contributed by atoms with Crippen molar-refractivity contribution >= 4 is 35.3 Å². The largest absolute Gasteiger partial charge is 0.480 e. The molecule has 1 fully saturated rings. The van der Waals surface area contributed by atoms with Gasteiger partial charge in [-0.15, -0.1) is 0 Å². The first kappa shape index (κ1) is 24.5. The molecule has 0 aromatic heterocycles. The van der Waals surface area contributed by atoms with Gasteiger partial charge in [0.15, 0.2) is 5.78 Å². The molecule has 8 nitrogen and oxygen atoms in total. The number of carbonyl (C=O) groups is 4. The molecule has 1 aliphatic rings. The van der Waals surface area contributed by atoms with Crippen LogP contribution in [-0.4, -0.2) is 76.8 Å². The predicted molar refractivity (Wildman–Crippen MR) is 126 cm³/mol. The molecule has 2 unspecified atom stereocenters. The molecule has 1 saturated heterocycles. The topological polar surface area (TPSA) is 116 Å². The number of benzene rings is 2. The van der Waals surface area contributed by atoms with Crippen molar-refractivity contribution in [1.29, 1.82) is 0 Å². The number of nitrogens with one attached hydrogen (secondary N) is 2. The van der Waals surface area contributed by atoms with E-state index in [4.69, 9.17) is 5.11 Å². The smallest absolute Gasteiger partial charge is 0.323 e. The van der Waals surface area contributed by atoms with Crippen LogP contribution in [0.2, 0.25) is 0 Å². The van der Waals surface area contributed by atoms with E-state index in [0.29, 0.717) is 30.0 Å². The second-order valence-corrected chi connectivity index (χ2v) is 8.86. The maximum atomic E-state index is 13.1. The van der Waals surface area contributed by atoms with E-state index in [-0.39, 0.29) is 30.7 Å². The van der Waals surface area contributed by atoms with Crippen molar-refractivity contribution in [2.45, 2.75) is 18.5 Å². The highest BCUT2D eigenvalue weighted by Crippen LogP contribution is 2.13. The molecule has 1 aliphatic heterocycles. The van der Waals surface area contributed by atoms with Crippen LogP contribution in [0.5, 0.6) is 0 Å². The number of carboxylic acids is 1. The van der Waals surface area contributed by atoms with Crippen LogP contribution in [0.15, 0.2) is 60.7 Å². The highest BCUT2D eigenvalue weighted by Gasteiger charge is 2.30. The Hall–Kier alpha value is -3.17. The zero-order valence-corrected chi connectivity index (χ0v) is 18.9. The number of rotatable bonds is 10. The van der Waals surface area contributed by atoms with Crippen molar-refractivity contribution in [2.75, 3.05) is 31.1 Å². The second-order valence-electron chi connectivity index (χ2n) is 7.71. The van der Waals surface area contributed by atoms with Gasteiger partial charge in [-0.05, 0) is 24.1 Å². The number of carbonyl (C=O) groups excluding carboxylic acids is 3. The van der Waals surface area contributed by atoms with Crippen LogP contribution in [0.1, 0.15) is 15.9 Å². The maximum absolute atomic E-state index is 13.1. The molecule has 0 radical (unpaired) electrons. The molecule has 3 rings (SSSR count). The Bertz CT molecular complexity index is 971. The number of hydrogen-bond acceptors (Lipinski definition) is 6. The van der Waals surface area contributed by atoms with E-state index >= 15 is 0 Å². The van der Waals surface area contributed by atoms with Crippen LogP contribution >= 0.6 is 11.8 Å². The number of ketones is 1. The molecule has 9 heteroatoms. The standard InChI is InChI=1S/C24H27N3O5S/c28-21(14-25-20-16-33-12-11-27(24(20)32)15-22(29)30)19(13-17-7-3-1-4-8-17)26-23(31)18-9-5-2-6-10-18/h1-10,19-20,25H,11-16H2,(H,26,31)(H,29,30). The molecule has 0 spiro atoms. The Morgan fingerprint density at radius 1 is 1.06 bits per heavy atom. The van der Waals surface area contributed by atoms with E-state index in [9.17, 15) is 19.2 Å². The molecular formula is C24H27N3O5S. The molecule has 2 aromatic rings. The molecule has 33 heavy (non-hydrogen) atoms. The second kappa shape index (κ2) is 12.2. The van der Waals surface area contributed by atoms with E-state index in [1.54, 1.807) is 24.3 Å². The Kier molecular flexibility index (Phi) is 9.03. The fraction of sp³-hybridized carbons (Fsp3) is 0.333. The average Bonchev–Trinajstić information content (AvgIpc) is 2.99. The monoisotopic (exact) mass is 469 g/mol. The maximum Gasteiger partial charge on any atom is 0.323 e. The summed E-state index contributed by atoms with van der Waals surface area (Å²) >= 11 is 1.53. The Morgan fingerprint density at radius 2 is 1.73 bits per heavy atom. The van der Waals surface area contributed by atoms with Crippen molar-refractivity contribution in [3.8, 4) is 0 Å². The Morgan fingerprint density at radius 3 is 2.39 bits per heavy atom. The number of hydrogen-bond donors (Lipinski definition) is 3. The number of Topliss-reactive ketones (excluding diaryl/α,β-unsaturated/α-hetero) is 1. The summed E-state index contributed by atoms with van der Waals surface area (Å²) in [6.45, 7) is -0.134. The summed E-state index contributed by atoms with van der Waals surface area (Å²) in [5.41, 5.74) is 1.36. The summed E-state index contributed by atoms with van der Waals surface area (Å²) in [5, 5.41) is 14.9. The van der Waals surface area contributed by atoms with Crippen molar-refractivity contribution < 1.29 is 24.3 Å². The van der Waals surface area contributed by atoms with Gasteiger partial charge >= 0.3 is 5.97 Å². The van der Waals surface area contributed by atoms with E-state index < -0.39 is 18.1 Å². The lowest BCUT2D eigenvalue weighted by molar-refractivity contribution is -0.144. The van der Waals surface area contributed by atoms with E-state index in [1.165, 1.54) is 16.7 Å². The summed E-state index contributed by atoms with van der Waals surface area (Å²) in [5.74, 6) is -0.926. The van der Waals surface area contributed by atoms with Gasteiger partial charge in [-0.1, -0.05) is 48.5 Å². The zero-order chi connectivity index (χ0) is 23.6. The van der Waals surface area contributed by atoms with Crippen LogP contribution < -0.4 is 10.6 Å². The Balaban J connectivity index is 1.67. The van der Waals surface area contributed by atoms with E-state index in [1.807, 2.05) is 36.4 Å². The number of thioether (sulfide) groups is 1. The predicted octanol–water partition coefficient (Wildman–Crippen LogP) is 1.22. The molecular weight excluding hydrogens is 442 g/mol. The normalized spacial score (nSPS) is 17.2. The first-order valence-electron chi connectivity index (χ1n) is 10.7. The zero-order valence-electron chi connectivity index (χ0n) is 18.1. The number of aliphatic carboxylic acids is 1. The Labute approximate surface area is 196 Å². The van der Waals surface area contributed by atoms with Gasteiger partial charge in [0.1, 0.15) is 6.54 Å². The number of carboxylic acid groups (broad SMARTS) is 1. The van der Waals surface area contributed by atoms with Crippen LogP contribution in [0.3, 0.4) is 0 Å². The van der Waals surface area contributed by atoms with Gasteiger partial charge in [0.2, 0.25) is 5.91 Å². The van der Waals surface area contributed by atoms with Gasteiger partial charge in [0, 0.05) is 23.6 Å². The highest BCUT2D eigenvalue weighted by atomic mass is 32.2. The molecule has 2 atom stereocenters. The molecule has 2 aromatic carbocycles. The van der Waals surface area contributed by atoms with Crippen molar-refractivity contribution in [2.24, 2.45) is 0 Å². The molecule has 0 aliphatic carbocycles. The lowest BCUT2D eigenvalue weighted by Crippen LogP contribution is -2.52. The molecule has 0 saturated carbocycles. The molecule has 0 bridgehead atoms. The minimum atomic E-state index is -1.07. The van der Waals surface area contributed by atoms with Crippen molar-refractivity contribution in [3.05, 3.63) is 71.8 Å². The minimum absolute atomic E-state index is 0.121. The lowest BCUT2D eigenvalue weighted by atomic mass is 10.0. The van der Waals surface area contributed by atoms with Crippen LogP contribution in [0, 0.1) is 0 Å². The van der Waals surface area contributed by atoms with Crippen LogP contribution in [0.4, 0.5) is 0 Å². The summed E-state index contributed by atoms with van der Waals surface area (Å²) in [6, 6.07) is 16.6. The fourth-order valence-electron chi connectivity index (χ4n) is 3.52. The summed E-state index contributed by atoms with van der Waals surface area (Å²) in [6.07, 6.45) is 0.318. The van der Waals surface area contributed by atoms with Gasteiger partial charge in [0.05, 0.1) is 18.6 Å². The van der Waals surface area contributed by atoms with Gasteiger partial charge in [-0.25, -0.2) is 0 Å². The molecule has 2 amide bonds. The van der Waals surface area contributed by atoms with Crippen molar-refractivity contribution in [3.63, 3.8) is 0 Å². The summed E-state index contributed by atoms with van der Waals surface area (Å²) < 4.78 is 0. The van der Waals surface area contributed by atoms with Crippen molar-refractivity contribution in [1.82, 2.24) is 15.5 Å². The van der Waals surface area contributed by atoms with Gasteiger partial charge in [-0.2, -0.15) is 11.8 Å². The van der Waals surface area contributed by atoms with Crippen LogP contribution in [0.25, 0.3) is 0 Å². The first-order chi connectivity index (χ1) is 15.9. The lowest BCUT2D eigenvalue weighted by Gasteiger charge is -2.24. The van der Waals surface area contributed by atoms with Crippen LogP contribution in [-0.2, 0) is 20.8 Å². The van der Waals surface area contributed by atoms with E-state index in [0.717, 1.165) is 5.56 Å². The van der Waals surface area contributed by atoms with Gasteiger partial charge in [0.25, 0.3) is 5.91 Å². The third-order valence-corrected chi connectivity index (χ3v) is 6.30. The minimum Gasteiger partial charge on any atom is -0.480 e. The first-order valence-corrected chi connectivity index (χ1v) is 11.8. The molecule has 1 heterocycles. The molecule has 174 valence electrons. The SMILES string of the molecule is O=C(O)CN1CCSCC(NCC(=O)C(Cc2ccccc2)NC(=O)c2ccccc2)C1=O. The van der Waals surface area contributed by atoms with Gasteiger partial charge in [-0.3, -0.25) is 24.5 Å². The average molecular weight is 470 g/mol. The number of amides is 2. The summed E-state index contributed by atoms with van der Waals surface area (Å²) in [7, 11) is 0. The summed E-state index contributed by atoms with van der Waals surface area (Å²) in [4.78, 5) is 50.9.